The summed E-state index contributed by atoms with van der Waals surface area (Å²) in [6.07, 6.45) is 2.62. The summed E-state index contributed by atoms with van der Waals surface area (Å²) < 4.78 is 0. The molecule has 1 N–H and O–H groups in total. The van der Waals surface area contributed by atoms with Gasteiger partial charge in [-0.1, -0.05) is 0 Å². The van der Waals surface area contributed by atoms with Gasteiger partial charge in [0.1, 0.15) is 5.82 Å². The van der Waals surface area contributed by atoms with Crippen LogP contribution in [0.2, 0.25) is 0 Å². The van der Waals surface area contributed by atoms with Crippen molar-refractivity contribution in [3.8, 4) is 0 Å². The molecule has 0 atom stereocenters. The molecule has 3 nitrogen and oxygen atoms in total. The molecule has 0 aromatic carbocycles. The van der Waals surface area contributed by atoms with Gasteiger partial charge in [0.25, 0.3) is 0 Å². The van der Waals surface area contributed by atoms with E-state index in [1.807, 2.05) is 19.9 Å². The number of aryl methyl sites for hydroxylation is 2. The number of aromatic nitrogens is 2. The van der Waals surface area contributed by atoms with E-state index in [4.69, 9.17) is 0 Å². The van der Waals surface area contributed by atoms with E-state index in [0.29, 0.717) is 0 Å². The highest BCUT2D eigenvalue weighted by molar-refractivity contribution is 5.08. The molecule has 3 heteroatoms. The monoisotopic (exact) mass is 177 g/mol. The average Bonchev–Trinajstić information content (AvgIpc) is 2.81. The largest absolute Gasteiger partial charge is 0.307 e. The summed E-state index contributed by atoms with van der Waals surface area (Å²) in [5, 5.41) is 3.40. The van der Waals surface area contributed by atoms with Crippen molar-refractivity contribution in [2.45, 2.75) is 39.3 Å². The fraction of sp³-hybridized carbons (Fsp3) is 0.600. The Hall–Kier alpha value is -0.960. The summed E-state index contributed by atoms with van der Waals surface area (Å²) in [4.78, 5) is 8.72. The van der Waals surface area contributed by atoms with Crippen LogP contribution in [0.3, 0.4) is 0 Å². The van der Waals surface area contributed by atoms with Gasteiger partial charge in [-0.25, -0.2) is 9.97 Å². The van der Waals surface area contributed by atoms with E-state index in [0.717, 1.165) is 29.8 Å². The number of nitrogens with one attached hydrogen (secondary N) is 1. The Labute approximate surface area is 78.6 Å². The van der Waals surface area contributed by atoms with E-state index in [2.05, 4.69) is 15.3 Å². The van der Waals surface area contributed by atoms with Gasteiger partial charge in [0.15, 0.2) is 0 Å². The Bertz CT molecular complexity index is 285. The van der Waals surface area contributed by atoms with Gasteiger partial charge in [-0.3, -0.25) is 0 Å². The van der Waals surface area contributed by atoms with Crippen LogP contribution in [0, 0.1) is 13.8 Å². The molecule has 1 saturated carbocycles. The Balaban J connectivity index is 2.01. The van der Waals surface area contributed by atoms with Crippen molar-refractivity contribution < 1.29 is 0 Å². The fourth-order valence-corrected chi connectivity index (χ4v) is 1.40. The molecule has 0 bridgehead atoms. The molecule has 0 spiro atoms. The molecule has 13 heavy (non-hydrogen) atoms. The number of hydrogen-bond acceptors (Lipinski definition) is 3. The first kappa shape index (κ1) is 8.63. The molecule has 0 aliphatic heterocycles. The number of nitrogens with zero attached hydrogens (tertiary/aromatic N) is 2. The molecule has 0 amide bonds. The summed E-state index contributed by atoms with van der Waals surface area (Å²) >= 11 is 0. The minimum absolute atomic E-state index is 0.726. The van der Waals surface area contributed by atoms with E-state index >= 15 is 0 Å². The van der Waals surface area contributed by atoms with Crippen molar-refractivity contribution in [2.24, 2.45) is 0 Å². The van der Waals surface area contributed by atoms with Crippen LogP contribution in [-0.4, -0.2) is 16.0 Å². The molecule has 2 rings (SSSR count). The lowest BCUT2D eigenvalue weighted by molar-refractivity contribution is 0.653. The molecule has 0 unspecified atom stereocenters. The summed E-state index contributed by atoms with van der Waals surface area (Å²) in [5.74, 6) is 0.921. The first-order valence-electron chi connectivity index (χ1n) is 4.78. The molecule has 0 radical (unpaired) electrons. The Morgan fingerprint density at radius 2 is 1.92 bits per heavy atom. The minimum atomic E-state index is 0.726. The smallest absolute Gasteiger partial charge is 0.142 e. The molecule has 1 aromatic rings. The van der Waals surface area contributed by atoms with Crippen LogP contribution in [0.15, 0.2) is 6.07 Å². The second-order valence-corrected chi connectivity index (χ2v) is 3.72. The highest BCUT2D eigenvalue weighted by Crippen LogP contribution is 2.18. The summed E-state index contributed by atoms with van der Waals surface area (Å²) in [7, 11) is 0. The van der Waals surface area contributed by atoms with Gasteiger partial charge < -0.3 is 5.32 Å². The van der Waals surface area contributed by atoms with Crippen molar-refractivity contribution >= 4 is 0 Å². The zero-order valence-electron chi connectivity index (χ0n) is 8.17. The normalized spacial score (nSPS) is 16.2. The third-order valence-corrected chi connectivity index (χ3v) is 2.15. The van der Waals surface area contributed by atoms with Crippen molar-refractivity contribution in [1.82, 2.24) is 15.3 Å². The van der Waals surface area contributed by atoms with Gasteiger partial charge in [-0.05, 0) is 32.8 Å². The van der Waals surface area contributed by atoms with Gasteiger partial charge in [0.05, 0.1) is 6.54 Å². The first-order chi connectivity index (χ1) is 6.24. The zero-order chi connectivity index (χ0) is 9.26. The Morgan fingerprint density at radius 1 is 1.31 bits per heavy atom. The maximum atomic E-state index is 4.36. The van der Waals surface area contributed by atoms with Crippen LogP contribution in [0.5, 0.6) is 0 Å². The molecule has 1 aromatic heterocycles. The maximum absolute atomic E-state index is 4.36. The molecule has 1 fully saturated rings. The standard InChI is InChI=1S/C10H15N3/c1-7-5-8(2)13-10(12-7)6-11-9-3-4-9/h5,9,11H,3-4,6H2,1-2H3. The van der Waals surface area contributed by atoms with Gasteiger partial charge in [0, 0.05) is 17.4 Å². The Kier molecular flexibility index (Phi) is 2.27. The highest BCUT2D eigenvalue weighted by Gasteiger charge is 2.20. The van der Waals surface area contributed by atoms with E-state index in [1.165, 1.54) is 12.8 Å². The third kappa shape index (κ3) is 2.49. The summed E-state index contributed by atoms with van der Waals surface area (Å²) in [5.41, 5.74) is 2.11. The van der Waals surface area contributed by atoms with Crippen LogP contribution in [0.4, 0.5) is 0 Å². The molecular formula is C10H15N3. The number of rotatable bonds is 3. The molecule has 70 valence electrons. The van der Waals surface area contributed by atoms with Crippen LogP contribution in [0.1, 0.15) is 30.1 Å². The van der Waals surface area contributed by atoms with E-state index in [-0.39, 0.29) is 0 Å². The lowest BCUT2D eigenvalue weighted by Gasteiger charge is -2.03. The lowest BCUT2D eigenvalue weighted by Crippen LogP contribution is -2.17. The van der Waals surface area contributed by atoms with Crippen LogP contribution < -0.4 is 5.32 Å². The molecule has 1 aliphatic carbocycles. The third-order valence-electron chi connectivity index (χ3n) is 2.15. The number of hydrogen-bond donors (Lipinski definition) is 1. The van der Waals surface area contributed by atoms with Gasteiger partial charge >= 0.3 is 0 Å². The quantitative estimate of drug-likeness (QED) is 0.757. The lowest BCUT2D eigenvalue weighted by atomic mass is 10.3. The SMILES string of the molecule is Cc1cc(C)nc(CNC2CC2)n1. The second kappa shape index (κ2) is 3.42. The predicted molar refractivity (Wildman–Crippen MR) is 51.4 cm³/mol. The fourth-order valence-electron chi connectivity index (χ4n) is 1.40. The summed E-state index contributed by atoms with van der Waals surface area (Å²) in [6.45, 7) is 4.83. The first-order valence-corrected chi connectivity index (χ1v) is 4.78. The van der Waals surface area contributed by atoms with E-state index in [9.17, 15) is 0 Å². The Morgan fingerprint density at radius 3 is 2.46 bits per heavy atom. The second-order valence-electron chi connectivity index (χ2n) is 3.72. The predicted octanol–water partition coefficient (Wildman–Crippen LogP) is 1.35. The summed E-state index contributed by atoms with van der Waals surface area (Å²) in [6, 6.07) is 2.73. The van der Waals surface area contributed by atoms with Gasteiger partial charge in [0.2, 0.25) is 0 Å². The van der Waals surface area contributed by atoms with Crippen LogP contribution in [-0.2, 0) is 6.54 Å². The zero-order valence-corrected chi connectivity index (χ0v) is 8.17. The van der Waals surface area contributed by atoms with Gasteiger partial charge in [-0.2, -0.15) is 0 Å². The average molecular weight is 177 g/mol. The van der Waals surface area contributed by atoms with Crippen molar-refractivity contribution in [1.29, 1.82) is 0 Å². The van der Waals surface area contributed by atoms with E-state index < -0.39 is 0 Å². The minimum Gasteiger partial charge on any atom is -0.307 e. The van der Waals surface area contributed by atoms with E-state index in [1.54, 1.807) is 0 Å². The van der Waals surface area contributed by atoms with Crippen LogP contribution in [0.25, 0.3) is 0 Å². The topological polar surface area (TPSA) is 37.8 Å². The van der Waals surface area contributed by atoms with Crippen molar-refractivity contribution in [3.63, 3.8) is 0 Å². The van der Waals surface area contributed by atoms with Crippen molar-refractivity contribution in [3.05, 3.63) is 23.3 Å². The molecule has 1 heterocycles. The van der Waals surface area contributed by atoms with Gasteiger partial charge in [-0.15, -0.1) is 0 Å². The molecule has 1 aliphatic rings. The van der Waals surface area contributed by atoms with Crippen molar-refractivity contribution in [2.75, 3.05) is 0 Å². The highest BCUT2D eigenvalue weighted by atomic mass is 15.0. The molecule has 0 saturated heterocycles. The van der Waals surface area contributed by atoms with Crippen LogP contribution >= 0.6 is 0 Å². The maximum Gasteiger partial charge on any atom is 0.142 e. The molecular weight excluding hydrogens is 162 g/mol.